The monoisotopic (exact) mass is 427 g/mol. The molecule has 0 radical (unpaired) electrons. The van der Waals surface area contributed by atoms with Gasteiger partial charge in [0.2, 0.25) is 5.91 Å². The number of nitrogens with one attached hydrogen (secondary N) is 1. The topological polar surface area (TPSA) is 60.7 Å². The molecule has 1 heterocycles. The number of amides is 1. The molecule has 32 heavy (non-hydrogen) atoms. The lowest BCUT2D eigenvalue weighted by Gasteiger charge is -2.10. The Hall–Kier alpha value is -3.99. The number of hydrogen-bond acceptors (Lipinski definition) is 4. The summed E-state index contributed by atoms with van der Waals surface area (Å²) in [4.78, 5) is 12.6. The lowest BCUT2D eigenvalue weighted by molar-refractivity contribution is -0.111. The number of carbonyl (C=O) groups is 1. The van der Waals surface area contributed by atoms with Crippen LogP contribution >= 0.6 is 0 Å². The van der Waals surface area contributed by atoms with E-state index in [0.717, 1.165) is 44.7 Å². The number of aryl methyl sites for hydroxylation is 1. The van der Waals surface area contributed by atoms with Crippen molar-refractivity contribution in [2.75, 3.05) is 19.5 Å². The molecule has 5 heteroatoms. The molecule has 0 unspecified atom stereocenters. The Morgan fingerprint density at radius 3 is 2.34 bits per heavy atom. The van der Waals surface area contributed by atoms with Gasteiger partial charge in [-0.05, 0) is 55.3 Å². The van der Waals surface area contributed by atoms with Gasteiger partial charge in [-0.2, -0.15) is 0 Å². The van der Waals surface area contributed by atoms with Gasteiger partial charge in [-0.25, -0.2) is 0 Å². The van der Waals surface area contributed by atoms with Gasteiger partial charge in [0, 0.05) is 34.3 Å². The van der Waals surface area contributed by atoms with E-state index < -0.39 is 0 Å². The minimum Gasteiger partial charge on any atom is -0.497 e. The van der Waals surface area contributed by atoms with Crippen molar-refractivity contribution < 1.29 is 18.7 Å². The van der Waals surface area contributed by atoms with Crippen LogP contribution in [0.4, 0.5) is 5.69 Å². The standard InChI is InChI=1S/C27H25NO4/c1-17-5-9-20(10-6-17)28-27(29)13-18(2)22-14-23-24(16-32-26(23)15-25(22)31-4)19-7-11-21(30-3)12-8-19/h5-16H,1-4H3,(H,28,29)/b18-13+. The zero-order valence-corrected chi connectivity index (χ0v) is 18.6. The maximum Gasteiger partial charge on any atom is 0.248 e. The number of rotatable bonds is 6. The molecule has 0 fully saturated rings. The zero-order valence-electron chi connectivity index (χ0n) is 18.6. The summed E-state index contributed by atoms with van der Waals surface area (Å²) in [6, 6.07) is 19.4. The molecule has 1 N–H and O–H groups in total. The Morgan fingerprint density at radius 2 is 1.69 bits per heavy atom. The molecule has 0 aliphatic heterocycles. The Morgan fingerprint density at radius 1 is 0.969 bits per heavy atom. The average Bonchev–Trinajstić information content (AvgIpc) is 3.22. The molecule has 5 nitrogen and oxygen atoms in total. The Bertz CT molecular complexity index is 1280. The van der Waals surface area contributed by atoms with Crippen LogP contribution in [0.1, 0.15) is 18.1 Å². The van der Waals surface area contributed by atoms with Crippen molar-refractivity contribution in [2.45, 2.75) is 13.8 Å². The zero-order chi connectivity index (χ0) is 22.7. The second kappa shape index (κ2) is 9.02. The molecule has 4 aromatic rings. The van der Waals surface area contributed by atoms with Gasteiger partial charge in [-0.15, -0.1) is 0 Å². The Kier molecular flexibility index (Phi) is 5.99. The van der Waals surface area contributed by atoms with Gasteiger partial charge in [0.1, 0.15) is 17.1 Å². The highest BCUT2D eigenvalue weighted by Gasteiger charge is 2.15. The molecule has 1 aromatic heterocycles. The number of benzene rings is 3. The first-order chi connectivity index (χ1) is 15.5. The van der Waals surface area contributed by atoms with Crippen molar-refractivity contribution in [1.29, 1.82) is 0 Å². The summed E-state index contributed by atoms with van der Waals surface area (Å²) in [5.74, 6) is 1.24. The molecule has 0 atom stereocenters. The van der Waals surface area contributed by atoms with Crippen LogP contribution in [0.25, 0.3) is 27.7 Å². The minimum absolute atomic E-state index is 0.198. The van der Waals surface area contributed by atoms with Crippen LogP contribution in [0, 0.1) is 6.92 Å². The van der Waals surface area contributed by atoms with E-state index in [1.54, 1.807) is 26.6 Å². The molecule has 0 saturated carbocycles. The highest BCUT2D eigenvalue weighted by Crippen LogP contribution is 2.37. The predicted molar refractivity (Wildman–Crippen MR) is 128 cm³/mol. The van der Waals surface area contributed by atoms with Gasteiger partial charge >= 0.3 is 0 Å². The van der Waals surface area contributed by atoms with Crippen LogP contribution in [-0.2, 0) is 4.79 Å². The highest BCUT2D eigenvalue weighted by atomic mass is 16.5. The first-order valence-corrected chi connectivity index (χ1v) is 10.3. The van der Waals surface area contributed by atoms with Crippen LogP contribution in [-0.4, -0.2) is 20.1 Å². The van der Waals surface area contributed by atoms with E-state index in [9.17, 15) is 4.79 Å². The van der Waals surface area contributed by atoms with Crippen LogP contribution in [0.2, 0.25) is 0 Å². The number of anilines is 1. The highest BCUT2D eigenvalue weighted by molar-refractivity contribution is 6.05. The summed E-state index contributed by atoms with van der Waals surface area (Å²) in [5.41, 5.74) is 6.20. The van der Waals surface area contributed by atoms with E-state index in [1.165, 1.54) is 0 Å². The lowest BCUT2D eigenvalue weighted by Crippen LogP contribution is -2.08. The fourth-order valence-corrected chi connectivity index (χ4v) is 3.62. The minimum atomic E-state index is -0.198. The molecule has 162 valence electrons. The number of furan rings is 1. The van der Waals surface area contributed by atoms with E-state index in [1.807, 2.05) is 74.5 Å². The molecule has 0 saturated heterocycles. The number of hydrogen-bond donors (Lipinski definition) is 1. The van der Waals surface area contributed by atoms with Crippen LogP contribution in [0.5, 0.6) is 11.5 Å². The van der Waals surface area contributed by atoms with Gasteiger partial charge in [-0.3, -0.25) is 4.79 Å². The molecule has 0 aliphatic carbocycles. The normalized spacial score (nSPS) is 11.4. The summed E-state index contributed by atoms with van der Waals surface area (Å²) < 4.78 is 16.6. The third kappa shape index (κ3) is 4.37. The summed E-state index contributed by atoms with van der Waals surface area (Å²) in [6.07, 6.45) is 3.32. The van der Waals surface area contributed by atoms with Crippen molar-refractivity contribution in [3.8, 4) is 22.6 Å². The van der Waals surface area contributed by atoms with Crippen molar-refractivity contribution >= 4 is 28.1 Å². The fraction of sp³-hybridized carbons (Fsp3) is 0.148. The van der Waals surface area contributed by atoms with E-state index in [4.69, 9.17) is 13.9 Å². The molecule has 3 aromatic carbocycles. The number of methoxy groups -OCH3 is 2. The van der Waals surface area contributed by atoms with Gasteiger partial charge in [-0.1, -0.05) is 29.8 Å². The summed E-state index contributed by atoms with van der Waals surface area (Å²) in [7, 11) is 3.25. The van der Waals surface area contributed by atoms with Crippen LogP contribution in [0.3, 0.4) is 0 Å². The maximum atomic E-state index is 12.6. The van der Waals surface area contributed by atoms with Crippen molar-refractivity contribution in [1.82, 2.24) is 0 Å². The fourth-order valence-electron chi connectivity index (χ4n) is 3.62. The molecule has 4 rings (SSSR count). The first kappa shape index (κ1) is 21.2. The smallest absolute Gasteiger partial charge is 0.248 e. The first-order valence-electron chi connectivity index (χ1n) is 10.3. The summed E-state index contributed by atoms with van der Waals surface area (Å²) >= 11 is 0. The molecule has 1 amide bonds. The van der Waals surface area contributed by atoms with Crippen molar-refractivity contribution in [2.24, 2.45) is 0 Å². The Labute approximate surface area is 187 Å². The molecular weight excluding hydrogens is 402 g/mol. The number of ether oxygens (including phenoxy) is 2. The van der Waals surface area contributed by atoms with Crippen molar-refractivity contribution in [3.63, 3.8) is 0 Å². The second-order valence-corrected chi connectivity index (χ2v) is 7.61. The third-order valence-corrected chi connectivity index (χ3v) is 5.39. The van der Waals surface area contributed by atoms with E-state index >= 15 is 0 Å². The van der Waals surface area contributed by atoms with E-state index in [-0.39, 0.29) is 5.91 Å². The SMILES string of the molecule is COc1ccc(-c2coc3cc(OC)c(/C(C)=C/C(=O)Nc4ccc(C)cc4)cc23)cc1. The summed E-state index contributed by atoms with van der Waals surface area (Å²) in [5, 5.41) is 3.84. The van der Waals surface area contributed by atoms with Gasteiger partial charge in [0.15, 0.2) is 0 Å². The van der Waals surface area contributed by atoms with Gasteiger partial charge in [0.05, 0.1) is 20.5 Å². The largest absolute Gasteiger partial charge is 0.497 e. The third-order valence-electron chi connectivity index (χ3n) is 5.39. The van der Waals surface area contributed by atoms with Gasteiger partial charge < -0.3 is 19.2 Å². The predicted octanol–water partition coefficient (Wildman–Crippen LogP) is 6.47. The summed E-state index contributed by atoms with van der Waals surface area (Å²) in [6.45, 7) is 3.90. The Balaban J connectivity index is 1.69. The van der Waals surface area contributed by atoms with Crippen LogP contribution < -0.4 is 14.8 Å². The molecular formula is C27H25NO4. The molecule has 0 bridgehead atoms. The molecule has 0 spiro atoms. The quantitative estimate of drug-likeness (QED) is 0.358. The number of allylic oxidation sites excluding steroid dienone is 1. The van der Waals surface area contributed by atoms with Gasteiger partial charge in [0.25, 0.3) is 0 Å². The van der Waals surface area contributed by atoms with Crippen LogP contribution in [0.15, 0.2) is 77.4 Å². The van der Waals surface area contributed by atoms with Crippen molar-refractivity contribution in [3.05, 3.63) is 84.1 Å². The average molecular weight is 428 g/mol. The number of fused-ring (bicyclic) bond motifs is 1. The van der Waals surface area contributed by atoms with E-state index in [0.29, 0.717) is 11.3 Å². The maximum absolute atomic E-state index is 12.6. The second-order valence-electron chi connectivity index (χ2n) is 7.61. The lowest BCUT2D eigenvalue weighted by atomic mass is 9.99. The molecule has 0 aliphatic rings. The van der Waals surface area contributed by atoms with E-state index in [2.05, 4.69) is 5.32 Å². The number of carbonyl (C=O) groups excluding carboxylic acids is 1.